The Morgan fingerprint density at radius 2 is 1.88 bits per heavy atom. The SMILES string of the molecule is CC1CN(C(=O)CCc2ccc(C(=O)N(C)C)cc2)C(C)(C)CO1. The molecule has 1 aromatic carbocycles. The molecule has 0 saturated carbocycles. The molecule has 0 aliphatic carbocycles. The van der Waals surface area contributed by atoms with Crippen LogP contribution in [0.25, 0.3) is 0 Å². The molecule has 1 saturated heterocycles. The van der Waals surface area contributed by atoms with Gasteiger partial charge in [0, 0.05) is 32.6 Å². The summed E-state index contributed by atoms with van der Waals surface area (Å²) < 4.78 is 5.66. The van der Waals surface area contributed by atoms with E-state index >= 15 is 0 Å². The minimum atomic E-state index is -0.258. The highest BCUT2D eigenvalue weighted by atomic mass is 16.5. The van der Waals surface area contributed by atoms with Crippen LogP contribution >= 0.6 is 0 Å². The van der Waals surface area contributed by atoms with Crippen molar-refractivity contribution in [1.29, 1.82) is 0 Å². The molecule has 24 heavy (non-hydrogen) atoms. The summed E-state index contributed by atoms with van der Waals surface area (Å²) in [7, 11) is 3.47. The summed E-state index contributed by atoms with van der Waals surface area (Å²) in [6, 6.07) is 7.50. The standard InChI is InChI=1S/C19H28N2O3/c1-14-12-21(19(2,3)13-24-14)17(22)11-8-15-6-9-16(10-7-15)18(23)20(4)5/h6-7,9-10,14H,8,11-13H2,1-5H3. The molecule has 0 bridgehead atoms. The van der Waals surface area contributed by atoms with Crippen molar-refractivity contribution >= 4 is 11.8 Å². The smallest absolute Gasteiger partial charge is 0.253 e. The molecule has 1 unspecified atom stereocenters. The largest absolute Gasteiger partial charge is 0.374 e. The van der Waals surface area contributed by atoms with E-state index in [4.69, 9.17) is 4.74 Å². The first-order valence-corrected chi connectivity index (χ1v) is 8.43. The molecule has 2 amide bonds. The minimum absolute atomic E-state index is 0.0123. The van der Waals surface area contributed by atoms with E-state index in [1.165, 1.54) is 0 Å². The van der Waals surface area contributed by atoms with Gasteiger partial charge in [-0.2, -0.15) is 0 Å². The van der Waals surface area contributed by atoms with E-state index in [-0.39, 0.29) is 23.5 Å². The lowest BCUT2D eigenvalue weighted by Gasteiger charge is -2.44. The Morgan fingerprint density at radius 1 is 1.25 bits per heavy atom. The van der Waals surface area contributed by atoms with Crippen LogP contribution in [0.4, 0.5) is 0 Å². The number of hydrogen-bond acceptors (Lipinski definition) is 3. The van der Waals surface area contributed by atoms with Crippen molar-refractivity contribution in [3.8, 4) is 0 Å². The number of benzene rings is 1. The molecule has 2 rings (SSSR count). The van der Waals surface area contributed by atoms with Gasteiger partial charge in [0.25, 0.3) is 5.91 Å². The molecule has 132 valence electrons. The lowest BCUT2D eigenvalue weighted by Crippen LogP contribution is -2.57. The van der Waals surface area contributed by atoms with E-state index in [2.05, 4.69) is 0 Å². The Balaban J connectivity index is 1.95. The first-order chi connectivity index (χ1) is 11.2. The van der Waals surface area contributed by atoms with Crippen molar-refractivity contribution in [3.63, 3.8) is 0 Å². The molecule has 1 aromatic rings. The first-order valence-electron chi connectivity index (χ1n) is 8.43. The van der Waals surface area contributed by atoms with Gasteiger partial charge in [0.05, 0.1) is 18.2 Å². The maximum Gasteiger partial charge on any atom is 0.253 e. The predicted molar refractivity (Wildman–Crippen MR) is 94.0 cm³/mol. The zero-order valence-electron chi connectivity index (χ0n) is 15.3. The van der Waals surface area contributed by atoms with E-state index in [1.54, 1.807) is 19.0 Å². The number of carbonyl (C=O) groups is 2. The van der Waals surface area contributed by atoms with Crippen LogP contribution in [0.2, 0.25) is 0 Å². The van der Waals surface area contributed by atoms with Gasteiger partial charge in [0.2, 0.25) is 5.91 Å². The summed E-state index contributed by atoms with van der Waals surface area (Å²) in [5, 5.41) is 0. The zero-order valence-corrected chi connectivity index (χ0v) is 15.3. The monoisotopic (exact) mass is 332 g/mol. The number of carbonyl (C=O) groups excluding carboxylic acids is 2. The molecule has 1 aliphatic rings. The van der Waals surface area contributed by atoms with Crippen LogP contribution in [0.3, 0.4) is 0 Å². The number of amides is 2. The van der Waals surface area contributed by atoms with Crippen molar-refractivity contribution < 1.29 is 14.3 Å². The minimum Gasteiger partial charge on any atom is -0.374 e. The molecular weight excluding hydrogens is 304 g/mol. The number of morpholine rings is 1. The lowest BCUT2D eigenvalue weighted by molar-refractivity contribution is -0.152. The number of hydrogen-bond donors (Lipinski definition) is 0. The van der Waals surface area contributed by atoms with E-state index in [1.807, 2.05) is 49.9 Å². The molecule has 5 nitrogen and oxygen atoms in total. The molecule has 0 spiro atoms. The predicted octanol–water partition coefficient (Wildman–Crippen LogP) is 2.35. The average molecular weight is 332 g/mol. The lowest BCUT2D eigenvalue weighted by atomic mass is 9.99. The van der Waals surface area contributed by atoms with Crippen LogP contribution in [-0.2, 0) is 16.0 Å². The molecular formula is C19H28N2O3. The van der Waals surface area contributed by atoms with E-state index in [0.717, 1.165) is 5.56 Å². The summed E-state index contributed by atoms with van der Waals surface area (Å²) in [5.74, 6) is 0.144. The number of ether oxygens (including phenoxy) is 1. The number of nitrogens with zero attached hydrogens (tertiary/aromatic N) is 2. The third-order valence-electron chi connectivity index (χ3n) is 4.43. The fraction of sp³-hybridized carbons (Fsp3) is 0.579. The van der Waals surface area contributed by atoms with Gasteiger partial charge in [-0.1, -0.05) is 12.1 Å². The van der Waals surface area contributed by atoms with Crippen molar-refractivity contribution in [1.82, 2.24) is 9.80 Å². The zero-order chi connectivity index (χ0) is 17.9. The van der Waals surface area contributed by atoms with Gasteiger partial charge in [-0.3, -0.25) is 9.59 Å². The summed E-state index contributed by atoms with van der Waals surface area (Å²) in [6.45, 7) is 7.29. The Labute approximate surface area is 144 Å². The Kier molecular flexibility index (Phi) is 5.65. The average Bonchev–Trinajstić information content (AvgIpc) is 2.54. The molecule has 0 aromatic heterocycles. The highest BCUT2D eigenvalue weighted by molar-refractivity contribution is 5.93. The van der Waals surface area contributed by atoms with E-state index in [0.29, 0.717) is 31.6 Å². The number of rotatable bonds is 4. The van der Waals surface area contributed by atoms with Gasteiger partial charge >= 0.3 is 0 Å². The van der Waals surface area contributed by atoms with Crippen LogP contribution < -0.4 is 0 Å². The Morgan fingerprint density at radius 3 is 2.46 bits per heavy atom. The molecule has 0 N–H and O–H groups in total. The topological polar surface area (TPSA) is 49.9 Å². The number of aryl methyl sites for hydroxylation is 1. The van der Waals surface area contributed by atoms with Crippen molar-refractivity contribution in [2.24, 2.45) is 0 Å². The van der Waals surface area contributed by atoms with Crippen molar-refractivity contribution in [3.05, 3.63) is 35.4 Å². The molecule has 1 fully saturated rings. The van der Waals surface area contributed by atoms with Crippen LogP contribution in [-0.4, -0.2) is 60.5 Å². The van der Waals surface area contributed by atoms with Gasteiger partial charge in [-0.05, 0) is 44.9 Å². The van der Waals surface area contributed by atoms with Gasteiger partial charge < -0.3 is 14.5 Å². The van der Waals surface area contributed by atoms with Crippen LogP contribution in [0.15, 0.2) is 24.3 Å². The van der Waals surface area contributed by atoms with Crippen LogP contribution in [0.5, 0.6) is 0 Å². The van der Waals surface area contributed by atoms with E-state index in [9.17, 15) is 9.59 Å². The quantitative estimate of drug-likeness (QED) is 0.850. The summed E-state index contributed by atoms with van der Waals surface area (Å²) in [5.41, 5.74) is 1.47. The van der Waals surface area contributed by atoms with Gasteiger partial charge in [-0.15, -0.1) is 0 Å². The van der Waals surface area contributed by atoms with Crippen molar-refractivity contribution in [2.45, 2.75) is 45.3 Å². The van der Waals surface area contributed by atoms with Gasteiger partial charge in [-0.25, -0.2) is 0 Å². The molecule has 0 radical (unpaired) electrons. The molecule has 5 heteroatoms. The fourth-order valence-corrected chi connectivity index (χ4v) is 2.88. The highest BCUT2D eigenvalue weighted by Crippen LogP contribution is 2.23. The second-order valence-electron chi connectivity index (χ2n) is 7.33. The van der Waals surface area contributed by atoms with Crippen molar-refractivity contribution in [2.75, 3.05) is 27.2 Å². The molecule has 1 heterocycles. The van der Waals surface area contributed by atoms with E-state index < -0.39 is 0 Å². The summed E-state index contributed by atoms with van der Waals surface area (Å²) in [6.07, 6.45) is 1.23. The highest BCUT2D eigenvalue weighted by Gasteiger charge is 2.36. The second-order valence-corrected chi connectivity index (χ2v) is 7.33. The molecule has 1 atom stereocenters. The Bertz CT molecular complexity index is 593. The van der Waals surface area contributed by atoms with Crippen LogP contribution in [0.1, 0.15) is 43.1 Å². The molecule has 1 aliphatic heterocycles. The maximum absolute atomic E-state index is 12.6. The third-order valence-corrected chi connectivity index (χ3v) is 4.43. The second kappa shape index (κ2) is 7.34. The third kappa shape index (κ3) is 4.35. The summed E-state index contributed by atoms with van der Waals surface area (Å²) >= 11 is 0. The van der Waals surface area contributed by atoms with Crippen LogP contribution in [0, 0.1) is 0 Å². The maximum atomic E-state index is 12.6. The van der Waals surface area contributed by atoms with Gasteiger partial charge in [0.1, 0.15) is 0 Å². The Hall–Kier alpha value is -1.88. The van der Waals surface area contributed by atoms with Gasteiger partial charge in [0.15, 0.2) is 0 Å². The summed E-state index contributed by atoms with van der Waals surface area (Å²) in [4.78, 5) is 28.0. The first kappa shape index (κ1) is 18.5. The fourth-order valence-electron chi connectivity index (χ4n) is 2.88. The normalized spacial score (nSPS) is 19.9.